The lowest BCUT2D eigenvalue weighted by Crippen LogP contribution is -2.59. The quantitative estimate of drug-likeness (QED) is 0.896. The van der Waals surface area contributed by atoms with Gasteiger partial charge in [-0.15, -0.1) is 0 Å². The number of aliphatic carboxylic acids is 1. The van der Waals surface area contributed by atoms with E-state index < -0.39 is 16.9 Å². The molecule has 21 heavy (non-hydrogen) atoms. The zero-order valence-corrected chi connectivity index (χ0v) is 13.5. The molecule has 0 aromatic heterocycles. The van der Waals surface area contributed by atoms with Crippen LogP contribution in [-0.4, -0.2) is 29.7 Å². The maximum absolute atomic E-state index is 12.4. The van der Waals surface area contributed by atoms with E-state index in [1.54, 1.807) is 34.7 Å². The van der Waals surface area contributed by atoms with Gasteiger partial charge >= 0.3 is 12.0 Å². The highest BCUT2D eigenvalue weighted by molar-refractivity contribution is 5.92. The maximum Gasteiger partial charge on any atom is 0.322 e. The van der Waals surface area contributed by atoms with Gasteiger partial charge in [0, 0.05) is 12.7 Å². The summed E-state index contributed by atoms with van der Waals surface area (Å²) in [6, 6.07) is 7.23. The van der Waals surface area contributed by atoms with Crippen molar-refractivity contribution >= 4 is 17.7 Å². The van der Waals surface area contributed by atoms with Gasteiger partial charge in [-0.1, -0.05) is 12.1 Å². The Morgan fingerprint density at radius 2 is 1.76 bits per heavy atom. The van der Waals surface area contributed by atoms with Crippen LogP contribution in [0.3, 0.4) is 0 Å². The highest BCUT2D eigenvalue weighted by Gasteiger charge is 2.44. The molecule has 0 saturated carbocycles. The summed E-state index contributed by atoms with van der Waals surface area (Å²) in [5.41, 5.74) is -0.168. The van der Waals surface area contributed by atoms with Crippen LogP contribution < -0.4 is 10.2 Å². The summed E-state index contributed by atoms with van der Waals surface area (Å²) >= 11 is 0. The van der Waals surface area contributed by atoms with E-state index >= 15 is 0 Å². The average Bonchev–Trinajstić information content (AvgIpc) is 2.36. The second-order valence-electron chi connectivity index (χ2n) is 6.38. The van der Waals surface area contributed by atoms with Crippen molar-refractivity contribution in [1.29, 1.82) is 0 Å². The van der Waals surface area contributed by atoms with E-state index in [9.17, 15) is 14.7 Å². The molecule has 0 heterocycles. The van der Waals surface area contributed by atoms with Crippen molar-refractivity contribution in [3.05, 3.63) is 29.8 Å². The van der Waals surface area contributed by atoms with Crippen molar-refractivity contribution in [1.82, 2.24) is 5.32 Å². The number of hydrogen-bond donors (Lipinski definition) is 2. The standard InChI is InChI=1S/C16H24N2O3/c1-11-8-7-9-12(10-11)18(6)14(21)17-16(4,5)15(2,3)13(19)20/h7-10H,1-6H3,(H,17,21)(H,19,20). The number of anilines is 1. The Bertz CT molecular complexity index is 550. The fourth-order valence-corrected chi connectivity index (χ4v) is 1.73. The highest BCUT2D eigenvalue weighted by atomic mass is 16.4. The van der Waals surface area contributed by atoms with Crippen LogP contribution in [0.1, 0.15) is 33.3 Å². The van der Waals surface area contributed by atoms with Crippen molar-refractivity contribution in [3.63, 3.8) is 0 Å². The molecule has 0 spiro atoms. The lowest BCUT2D eigenvalue weighted by molar-refractivity contribution is -0.150. The number of carbonyl (C=O) groups is 2. The molecule has 2 N–H and O–H groups in total. The predicted molar refractivity (Wildman–Crippen MR) is 83.6 cm³/mol. The number of carboxylic acid groups (broad SMARTS) is 1. The first-order chi connectivity index (χ1) is 9.49. The first-order valence-corrected chi connectivity index (χ1v) is 6.85. The largest absolute Gasteiger partial charge is 0.481 e. The Balaban J connectivity index is 2.93. The van der Waals surface area contributed by atoms with Gasteiger partial charge in [0.25, 0.3) is 0 Å². The van der Waals surface area contributed by atoms with Crippen LogP contribution in [0.5, 0.6) is 0 Å². The molecule has 116 valence electrons. The molecule has 0 atom stereocenters. The lowest BCUT2D eigenvalue weighted by Gasteiger charge is -2.39. The molecule has 5 heteroatoms. The molecule has 0 fully saturated rings. The van der Waals surface area contributed by atoms with E-state index in [1.165, 1.54) is 4.90 Å². The third kappa shape index (κ3) is 3.54. The Hall–Kier alpha value is -2.04. The molecule has 0 aliphatic heterocycles. The van der Waals surface area contributed by atoms with Gasteiger partial charge < -0.3 is 10.4 Å². The van der Waals surface area contributed by atoms with Gasteiger partial charge in [0.15, 0.2) is 0 Å². The second-order valence-corrected chi connectivity index (χ2v) is 6.38. The van der Waals surface area contributed by atoms with E-state index in [0.29, 0.717) is 0 Å². The topological polar surface area (TPSA) is 69.6 Å². The van der Waals surface area contributed by atoms with E-state index in [4.69, 9.17) is 0 Å². The zero-order chi connectivity index (χ0) is 16.4. The number of hydrogen-bond acceptors (Lipinski definition) is 2. The summed E-state index contributed by atoms with van der Waals surface area (Å²) in [4.78, 5) is 25.2. The first kappa shape index (κ1) is 17.0. The van der Waals surface area contributed by atoms with Gasteiger partial charge in [0.1, 0.15) is 0 Å². The van der Waals surface area contributed by atoms with Crippen molar-refractivity contribution in [2.45, 2.75) is 40.2 Å². The Kier molecular flexibility index (Phi) is 4.66. The molecule has 0 bridgehead atoms. The average molecular weight is 292 g/mol. The molecule has 1 aromatic carbocycles. The summed E-state index contributed by atoms with van der Waals surface area (Å²) in [7, 11) is 1.66. The second kappa shape index (κ2) is 5.76. The number of benzene rings is 1. The van der Waals surface area contributed by atoms with Gasteiger partial charge in [0.2, 0.25) is 0 Å². The maximum atomic E-state index is 12.4. The first-order valence-electron chi connectivity index (χ1n) is 6.85. The molecule has 1 aromatic rings. The third-order valence-corrected chi connectivity index (χ3v) is 4.21. The number of nitrogens with zero attached hydrogens (tertiary/aromatic N) is 1. The summed E-state index contributed by atoms with van der Waals surface area (Å²) in [5.74, 6) is -0.953. The molecule has 2 amide bonds. The van der Waals surface area contributed by atoms with Gasteiger partial charge in [0.05, 0.1) is 11.0 Å². The van der Waals surface area contributed by atoms with Crippen LogP contribution in [-0.2, 0) is 4.79 Å². The Labute approximate surface area is 126 Å². The number of amides is 2. The summed E-state index contributed by atoms with van der Waals surface area (Å²) in [6.45, 7) is 8.57. The minimum Gasteiger partial charge on any atom is -0.481 e. The van der Waals surface area contributed by atoms with Gasteiger partial charge in [-0.25, -0.2) is 4.79 Å². The molecule has 5 nitrogen and oxygen atoms in total. The molecule has 0 unspecified atom stereocenters. The van der Waals surface area contributed by atoms with Crippen molar-refractivity contribution in [2.75, 3.05) is 11.9 Å². The zero-order valence-electron chi connectivity index (χ0n) is 13.5. The van der Waals surface area contributed by atoms with Crippen LogP contribution in [0.25, 0.3) is 0 Å². The molecular formula is C16H24N2O3. The fraction of sp³-hybridized carbons (Fsp3) is 0.500. The molecule has 0 radical (unpaired) electrons. The van der Waals surface area contributed by atoms with E-state index in [-0.39, 0.29) is 6.03 Å². The fourth-order valence-electron chi connectivity index (χ4n) is 1.73. The Morgan fingerprint density at radius 3 is 2.24 bits per heavy atom. The monoisotopic (exact) mass is 292 g/mol. The number of carboxylic acids is 1. The van der Waals surface area contributed by atoms with E-state index in [0.717, 1.165) is 11.3 Å². The van der Waals surface area contributed by atoms with Crippen LogP contribution in [0.2, 0.25) is 0 Å². The molecule has 0 saturated heterocycles. The molecule has 0 aliphatic rings. The normalized spacial score (nSPS) is 11.9. The van der Waals surface area contributed by atoms with E-state index in [2.05, 4.69) is 5.32 Å². The van der Waals surface area contributed by atoms with Gasteiger partial charge in [-0.3, -0.25) is 9.69 Å². The molecular weight excluding hydrogens is 268 g/mol. The minimum absolute atomic E-state index is 0.333. The summed E-state index contributed by atoms with van der Waals surface area (Å²) in [5, 5.41) is 12.1. The smallest absolute Gasteiger partial charge is 0.322 e. The van der Waals surface area contributed by atoms with Gasteiger partial charge in [-0.05, 0) is 52.3 Å². The highest BCUT2D eigenvalue weighted by Crippen LogP contribution is 2.31. The van der Waals surface area contributed by atoms with Crippen LogP contribution in [0.15, 0.2) is 24.3 Å². The summed E-state index contributed by atoms with van der Waals surface area (Å²) < 4.78 is 0. The number of urea groups is 1. The van der Waals surface area contributed by atoms with Gasteiger partial charge in [-0.2, -0.15) is 0 Å². The van der Waals surface area contributed by atoms with Crippen molar-refractivity contribution in [2.24, 2.45) is 5.41 Å². The van der Waals surface area contributed by atoms with Crippen LogP contribution in [0, 0.1) is 12.3 Å². The number of nitrogens with one attached hydrogen (secondary N) is 1. The van der Waals surface area contributed by atoms with Crippen LogP contribution in [0.4, 0.5) is 10.5 Å². The van der Waals surface area contributed by atoms with Crippen LogP contribution >= 0.6 is 0 Å². The number of aryl methyl sites for hydroxylation is 1. The van der Waals surface area contributed by atoms with Crippen molar-refractivity contribution in [3.8, 4) is 0 Å². The third-order valence-electron chi connectivity index (χ3n) is 4.21. The lowest BCUT2D eigenvalue weighted by atomic mass is 9.74. The predicted octanol–water partition coefficient (Wildman–Crippen LogP) is 3.03. The molecule has 0 aliphatic carbocycles. The summed E-state index contributed by atoms with van der Waals surface area (Å²) in [6.07, 6.45) is 0. The van der Waals surface area contributed by atoms with Crippen molar-refractivity contribution < 1.29 is 14.7 Å². The molecule has 1 rings (SSSR count). The van der Waals surface area contributed by atoms with E-state index in [1.807, 2.05) is 31.2 Å². The SMILES string of the molecule is Cc1cccc(N(C)C(=O)NC(C)(C)C(C)(C)C(=O)O)c1. The number of carbonyl (C=O) groups excluding carboxylic acids is 1. The Morgan fingerprint density at radius 1 is 1.19 bits per heavy atom. The minimum atomic E-state index is -1.09. The number of rotatable bonds is 4.